The van der Waals surface area contributed by atoms with E-state index in [1.807, 2.05) is 24.3 Å². The van der Waals surface area contributed by atoms with Gasteiger partial charge in [0, 0.05) is 34.2 Å². The standard InChI is InChI=1S/C24H23F3N4OS/c25-24(26,27)33-20-9-4-17(5-10-20)28-23(32)29-18-6-11-21-16(13-18)3-12-22(30-21)31-14-15-1-7-19(31)8-2-15/h3-6,9-13,15,19H,1-2,7-8,14H2,(H2,28,29,32). The van der Waals surface area contributed by atoms with Crippen LogP contribution in [0.15, 0.2) is 59.5 Å². The Hall–Kier alpha value is -2.94. The number of amides is 2. The quantitative estimate of drug-likeness (QED) is 0.407. The monoisotopic (exact) mass is 472 g/mol. The Morgan fingerprint density at radius 3 is 2.30 bits per heavy atom. The average molecular weight is 473 g/mol. The number of halogens is 3. The molecule has 33 heavy (non-hydrogen) atoms. The molecule has 2 bridgehead atoms. The third kappa shape index (κ3) is 5.19. The zero-order valence-electron chi connectivity index (χ0n) is 17.7. The van der Waals surface area contributed by atoms with Gasteiger partial charge in [-0.1, -0.05) is 0 Å². The lowest BCUT2D eigenvalue weighted by Crippen LogP contribution is -2.48. The van der Waals surface area contributed by atoms with Crippen LogP contribution in [-0.4, -0.2) is 29.1 Å². The molecule has 2 N–H and O–H groups in total. The fourth-order valence-electron chi connectivity index (χ4n) is 4.73. The largest absolute Gasteiger partial charge is 0.446 e. The minimum Gasteiger partial charge on any atom is -0.353 e. The maximum Gasteiger partial charge on any atom is 0.446 e. The Bertz CT molecular complexity index is 1160. The SMILES string of the molecule is O=C(Nc1ccc(SC(F)(F)F)cc1)Nc1ccc2nc(N3CC4CCC3CC4)ccc2c1. The van der Waals surface area contributed by atoms with E-state index in [4.69, 9.17) is 4.98 Å². The van der Waals surface area contributed by atoms with Crippen LogP contribution in [0.3, 0.4) is 0 Å². The van der Waals surface area contributed by atoms with E-state index in [1.165, 1.54) is 49.9 Å². The number of hydrogen-bond donors (Lipinski definition) is 2. The molecule has 3 heterocycles. The Balaban J connectivity index is 1.23. The van der Waals surface area contributed by atoms with E-state index in [9.17, 15) is 18.0 Å². The zero-order chi connectivity index (χ0) is 23.0. The molecule has 2 aromatic carbocycles. The molecule has 3 fully saturated rings. The minimum absolute atomic E-state index is 0.0623. The number of nitrogens with one attached hydrogen (secondary N) is 2. The molecule has 5 nitrogen and oxygen atoms in total. The average Bonchev–Trinajstić information content (AvgIpc) is 2.80. The summed E-state index contributed by atoms with van der Waals surface area (Å²) in [6, 6.07) is 15.3. The van der Waals surface area contributed by atoms with Gasteiger partial charge in [-0.3, -0.25) is 0 Å². The number of benzene rings is 2. The first-order valence-corrected chi connectivity index (χ1v) is 11.8. The van der Waals surface area contributed by atoms with Gasteiger partial charge in [0.05, 0.1) is 5.52 Å². The maximum atomic E-state index is 12.4. The molecule has 1 aromatic heterocycles. The Morgan fingerprint density at radius 2 is 1.64 bits per heavy atom. The summed E-state index contributed by atoms with van der Waals surface area (Å²) in [6.45, 7) is 1.08. The van der Waals surface area contributed by atoms with Crippen LogP contribution in [0, 0.1) is 5.92 Å². The zero-order valence-corrected chi connectivity index (χ0v) is 18.5. The molecule has 6 rings (SSSR count). The van der Waals surface area contributed by atoms with Crippen molar-refractivity contribution in [2.45, 2.75) is 42.1 Å². The number of hydrogen-bond acceptors (Lipinski definition) is 4. The number of nitrogens with zero attached hydrogens (tertiary/aromatic N) is 2. The third-order valence-electron chi connectivity index (χ3n) is 6.28. The molecule has 0 radical (unpaired) electrons. The number of anilines is 3. The van der Waals surface area contributed by atoms with E-state index >= 15 is 0 Å². The molecular weight excluding hydrogens is 449 g/mol. The van der Waals surface area contributed by atoms with Gasteiger partial charge in [0.25, 0.3) is 0 Å². The van der Waals surface area contributed by atoms with E-state index in [1.54, 1.807) is 6.07 Å². The summed E-state index contributed by atoms with van der Waals surface area (Å²) < 4.78 is 37.3. The summed E-state index contributed by atoms with van der Waals surface area (Å²) in [5.41, 5.74) is -2.46. The van der Waals surface area contributed by atoms with Gasteiger partial charge in [-0.05, 0) is 98.0 Å². The van der Waals surface area contributed by atoms with E-state index in [0.29, 0.717) is 17.4 Å². The van der Waals surface area contributed by atoms with Crippen molar-refractivity contribution < 1.29 is 18.0 Å². The first-order valence-electron chi connectivity index (χ1n) is 10.9. The van der Waals surface area contributed by atoms with Gasteiger partial charge >= 0.3 is 11.5 Å². The van der Waals surface area contributed by atoms with Crippen LogP contribution >= 0.6 is 11.8 Å². The third-order valence-corrected chi connectivity index (χ3v) is 7.02. The first-order chi connectivity index (χ1) is 15.8. The summed E-state index contributed by atoms with van der Waals surface area (Å²) >= 11 is -0.192. The highest BCUT2D eigenvalue weighted by Gasteiger charge is 2.34. The van der Waals surface area contributed by atoms with Crippen LogP contribution in [0.5, 0.6) is 0 Å². The molecule has 2 aliphatic heterocycles. The van der Waals surface area contributed by atoms with Crippen LogP contribution < -0.4 is 15.5 Å². The van der Waals surface area contributed by atoms with Crippen molar-refractivity contribution in [2.24, 2.45) is 5.92 Å². The van der Waals surface area contributed by atoms with Crippen LogP contribution in [0.1, 0.15) is 25.7 Å². The van der Waals surface area contributed by atoms with Gasteiger partial charge in [-0.2, -0.15) is 13.2 Å². The van der Waals surface area contributed by atoms with Crippen LogP contribution in [-0.2, 0) is 0 Å². The first kappa shape index (κ1) is 21.9. The van der Waals surface area contributed by atoms with Gasteiger partial charge in [0.15, 0.2) is 0 Å². The van der Waals surface area contributed by atoms with Gasteiger partial charge in [-0.15, -0.1) is 0 Å². The number of thioether (sulfide) groups is 1. The molecule has 3 aromatic rings. The van der Waals surface area contributed by atoms with Crippen LogP contribution in [0.2, 0.25) is 0 Å². The molecule has 0 unspecified atom stereocenters. The second-order valence-corrected chi connectivity index (χ2v) is 9.69. The van der Waals surface area contributed by atoms with Crippen molar-refractivity contribution in [3.8, 4) is 0 Å². The fraction of sp³-hybridized carbons (Fsp3) is 0.333. The lowest BCUT2D eigenvalue weighted by atomic mass is 9.80. The normalized spacial score (nSPS) is 20.2. The van der Waals surface area contributed by atoms with Crippen molar-refractivity contribution in [1.29, 1.82) is 0 Å². The summed E-state index contributed by atoms with van der Waals surface area (Å²) in [5, 5.41) is 6.32. The van der Waals surface area contributed by atoms with E-state index in [2.05, 4.69) is 15.5 Å². The lowest BCUT2D eigenvalue weighted by Gasteiger charge is -2.46. The van der Waals surface area contributed by atoms with E-state index in [-0.39, 0.29) is 16.7 Å². The van der Waals surface area contributed by atoms with Crippen LogP contribution in [0.4, 0.5) is 35.2 Å². The maximum absolute atomic E-state index is 12.4. The van der Waals surface area contributed by atoms with Crippen molar-refractivity contribution in [2.75, 3.05) is 22.1 Å². The van der Waals surface area contributed by atoms with Gasteiger partial charge in [0.1, 0.15) is 5.82 Å². The number of pyridine rings is 1. The summed E-state index contributed by atoms with van der Waals surface area (Å²) in [4.78, 5) is 19.7. The molecule has 0 spiro atoms. The number of piperidine rings is 2. The lowest BCUT2D eigenvalue weighted by molar-refractivity contribution is -0.0328. The Morgan fingerprint density at radius 1 is 0.939 bits per heavy atom. The summed E-state index contributed by atoms with van der Waals surface area (Å²) in [7, 11) is 0. The summed E-state index contributed by atoms with van der Waals surface area (Å²) in [6.07, 6.45) is 5.13. The number of rotatable bonds is 4. The topological polar surface area (TPSA) is 57.3 Å². The van der Waals surface area contributed by atoms with Crippen molar-refractivity contribution in [3.63, 3.8) is 0 Å². The predicted molar refractivity (Wildman–Crippen MR) is 126 cm³/mol. The number of alkyl halides is 3. The summed E-state index contributed by atoms with van der Waals surface area (Å²) in [5.74, 6) is 1.79. The van der Waals surface area contributed by atoms with E-state index in [0.717, 1.165) is 29.2 Å². The Labute approximate surface area is 193 Å². The second-order valence-electron chi connectivity index (χ2n) is 8.56. The Kier molecular flexibility index (Phi) is 5.82. The molecule has 2 saturated heterocycles. The van der Waals surface area contributed by atoms with Crippen molar-refractivity contribution in [1.82, 2.24) is 4.98 Å². The highest BCUT2D eigenvalue weighted by Crippen LogP contribution is 2.38. The van der Waals surface area contributed by atoms with Crippen LogP contribution in [0.25, 0.3) is 10.9 Å². The van der Waals surface area contributed by atoms with Gasteiger partial charge in [0.2, 0.25) is 0 Å². The van der Waals surface area contributed by atoms with Gasteiger partial charge < -0.3 is 15.5 Å². The molecule has 3 aliphatic rings. The highest BCUT2D eigenvalue weighted by molar-refractivity contribution is 8.00. The fourth-order valence-corrected chi connectivity index (χ4v) is 5.27. The number of fused-ring (bicyclic) bond motifs is 4. The molecular formula is C24H23F3N4OS. The van der Waals surface area contributed by atoms with E-state index < -0.39 is 11.5 Å². The minimum atomic E-state index is -4.34. The molecule has 1 aliphatic carbocycles. The number of aromatic nitrogens is 1. The predicted octanol–water partition coefficient (Wildman–Crippen LogP) is 6.87. The highest BCUT2D eigenvalue weighted by atomic mass is 32.2. The van der Waals surface area contributed by atoms with Crippen molar-refractivity contribution in [3.05, 3.63) is 54.6 Å². The van der Waals surface area contributed by atoms with Gasteiger partial charge in [-0.25, -0.2) is 9.78 Å². The molecule has 172 valence electrons. The molecule has 1 saturated carbocycles. The second kappa shape index (κ2) is 8.78. The van der Waals surface area contributed by atoms with Crippen molar-refractivity contribution >= 4 is 45.9 Å². The number of carbonyl (C=O) groups excluding carboxylic acids is 1. The molecule has 0 atom stereocenters. The molecule has 2 amide bonds. The number of carbonyl (C=O) groups is 1. The number of urea groups is 1. The molecule has 9 heteroatoms. The smallest absolute Gasteiger partial charge is 0.353 e.